The molecule has 1 rings (SSSR count). The normalized spacial score (nSPS) is 15.0. The number of hydrogen-bond donors (Lipinski definition) is 0. The molecule has 0 amide bonds. The van der Waals surface area contributed by atoms with E-state index in [9.17, 15) is 13.2 Å². The molecule has 0 fully saturated rings. The van der Waals surface area contributed by atoms with Crippen molar-refractivity contribution >= 4 is 11.6 Å². The van der Waals surface area contributed by atoms with Crippen LogP contribution in [0.3, 0.4) is 0 Å². The first-order chi connectivity index (χ1) is 9.74. The molecule has 1 aromatic carbocycles. The molecule has 21 heavy (non-hydrogen) atoms. The average molecular weight is 321 g/mol. The van der Waals surface area contributed by atoms with E-state index in [2.05, 4.69) is 20.8 Å². The zero-order chi connectivity index (χ0) is 16.1. The van der Waals surface area contributed by atoms with Gasteiger partial charge in [0.2, 0.25) is 0 Å². The second-order valence-electron chi connectivity index (χ2n) is 5.96. The molecule has 1 unspecified atom stereocenters. The number of rotatable bonds is 7. The fourth-order valence-electron chi connectivity index (χ4n) is 2.89. The Morgan fingerprint density at radius 3 is 2.14 bits per heavy atom. The lowest BCUT2D eigenvalue weighted by molar-refractivity contribution is -0.137. The Morgan fingerprint density at radius 2 is 1.67 bits per heavy atom. The first-order valence-electron chi connectivity index (χ1n) is 7.62. The van der Waals surface area contributed by atoms with Crippen LogP contribution in [0.1, 0.15) is 70.4 Å². The highest BCUT2D eigenvalue weighted by Crippen LogP contribution is 2.41. The molecule has 0 aliphatic carbocycles. The van der Waals surface area contributed by atoms with E-state index in [0.717, 1.165) is 56.2 Å². The van der Waals surface area contributed by atoms with Gasteiger partial charge >= 0.3 is 6.18 Å². The van der Waals surface area contributed by atoms with Crippen LogP contribution in [-0.4, -0.2) is 0 Å². The highest BCUT2D eigenvalue weighted by Gasteiger charge is 2.33. The van der Waals surface area contributed by atoms with Gasteiger partial charge in [0.25, 0.3) is 0 Å². The quantitative estimate of drug-likeness (QED) is 0.474. The van der Waals surface area contributed by atoms with E-state index in [0.29, 0.717) is 0 Å². The Morgan fingerprint density at radius 1 is 1.00 bits per heavy atom. The average Bonchev–Trinajstić information content (AvgIpc) is 2.38. The largest absolute Gasteiger partial charge is 0.416 e. The Hall–Kier alpha value is -0.700. The molecule has 0 aliphatic rings. The number of unbranched alkanes of at least 4 members (excludes halogenated alkanes) is 2. The van der Waals surface area contributed by atoms with Gasteiger partial charge in [-0.3, -0.25) is 0 Å². The second kappa shape index (κ2) is 7.53. The Balaban J connectivity index is 3.08. The maximum absolute atomic E-state index is 12.7. The molecular weight excluding hydrogens is 297 g/mol. The van der Waals surface area contributed by atoms with Crippen LogP contribution in [0.25, 0.3) is 0 Å². The summed E-state index contributed by atoms with van der Waals surface area (Å²) in [7, 11) is 0. The SMILES string of the molecule is CCCCCC(C)(CCC)c1ccc(C(F)(F)F)cc1Cl. The molecule has 0 spiro atoms. The minimum Gasteiger partial charge on any atom is -0.166 e. The van der Waals surface area contributed by atoms with Crippen molar-refractivity contribution < 1.29 is 13.2 Å². The number of benzene rings is 1. The lowest BCUT2D eigenvalue weighted by atomic mass is 9.74. The van der Waals surface area contributed by atoms with Crippen molar-refractivity contribution in [1.82, 2.24) is 0 Å². The van der Waals surface area contributed by atoms with Crippen LogP contribution in [0.4, 0.5) is 13.2 Å². The summed E-state index contributed by atoms with van der Waals surface area (Å²) < 4.78 is 38.2. The van der Waals surface area contributed by atoms with Gasteiger partial charge in [0, 0.05) is 5.02 Å². The third-order valence-electron chi connectivity index (χ3n) is 4.08. The van der Waals surface area contributed by atoms with Crippen molar-refractivity contribution in [2.24, 2.45) is 0 Å². The standard InChI is InChI=1S/C17H24ClF3/c1-4-6-7-11-16(3,10-5-2)14-9-8-13(12-15(14)18)17(19,20)21/h8-9,12H,4-7,10-11H2,1-3H3. The summed E-state index contributed by atoms with van der Waals surface area (Å²) in [6.45, 7) is 6.35. The molecule has 0 aliphatic heterocycles. The van der Waals surface area contributed by atoms with Gasteiger partial charge in [0.05, 0.1) is 5.56 Å². The van der Waals surface area contributed by atoms with E-state index < -0.39 is 11.7 Å². The molecule has 0 aromatic heterocycles. The van der Waals surface area contributed by atoms with Gasteiger partial charge in [-0.15, -0.1) is 0 Å². The molecule has 0 heterocycles. The number of alkyl halides is 3. The zero-order valence-corrected chi connectivity index (χ0v) is 13.7. The van der Waals surface area contributed by atoms with Gasteiger partial charge in [-0.05, 0) is 36.0 Å². The van der Waals surface area contributed by atoms with Gasteiger partial charge < -0.3 is 0 Å². The predicted molar refractivity (Wildman–Crippen MR) is 82.9 cm³/mol. The predicted octanol–water partition coefficient (Wildman–Crippen LogP) is 7.00. The first kappa shape index (κ1) is 18.3. The minimum absolute atomic E-state index is 0.148. The van der Waals surface area contributed by atoms with Crippen molar-refractivity contribution in [3.8, 4) is 0 Å². The summed E-state index contributed by atoms with van der Waals surface area (Å²) in [5.41, 5.74) is 0.0178. The fourth-order valence-corrected chi connectivity index (χ4v) is 3.30. The molecule has 0 nitrogen and oxygen atoms in total. The highest BCUT2D eigenvalue weighted by atomic mass is 35.5. The van der Waals surface area contributed by atoms with E-state index in [4.69, 9.17) is 11.6 Å². The van der Waals surface area contributed by atoms with Crippen molar-refractivity contribution in [3.63, 3.8) is 0 Å². The molecular formula is C17H24ClF3. The molecule has 0 saturated heterocycles. The maximum Gasteiger partial charge on any atom is 0.416 e. The zero-order valence-electron chi connectivity index (χ0n) is 13.0. The van der Waals surface area contributed by atoms with E-state index in [1.807, 2.05) is 0 Å². The maximum atomic E-state index is 12.7. The van der Waals surface area contributed by atoms with Gasteiger partial charge in [0.1, 0.15) is 0 Å². The van der Waals surface area contributed by atoms with Crippen LogP contribution in [0.15, 0.2) is 18.2 Å². The molecule has 1 atom stereocenters. The van der Waals surface area contributed by atoms with E-state index >= 15 is 0 Å². The van der Waals surface area contributed by atoms with Gasteiger partial charge in [-0.1, -0.05) is 64.1 Å². The number of hydrogen-bond acceptors (Lipinski definition) is 0. The highest BCUT2D eigenvalue weighted by molar-refractivity contribution is 6.31. The van der Waals surface area contributed by atoms with Crippen molar-refractivity contribution in [2.75, 3.05) is 0 Å². The topological polar surface area (TPSA) is 0 Å². The van der Waals surface area contributed by atoms with E-state index in [-0.39, 0.29) is 10.4 Å². The monoisotopic (exact) mass is 320 g/mol. The minimum atomic E-state index is -4.34. The molecule has 120 valence electrons. The lowest BCUT2D eigenvalue weighted by Gasteiger charge is -2.31. The molecule has 4 heteroatoms. The third kappa shape index (κ3) is 4.91. The smallest absolute Gasteiger partial charge is 0.166 e. The summed E-state index contributed by atoms with van der Waals surface area (Å²) in [4.78, 5) is 0. The summed E-state index contributed by atoms with van der Waals surface area (Å²) >= 11 is 6.17. The lowest BCUT2D eigenvalue weighted by Crippen LogP contribution is -2.22. The molecule has 0 N–H and O–H groups in total. The van der Waals surface area contributed by atoms with E-state index in [1.54, 1.807) is 6.07 Å². The van der Waals surface area contributed by atoms with Crippen molar-refractivity contribution in [3.05, 3.63) is 34.3 Å². The Kier molecular flexibility index (Phi) is 6.58. The molecule has 0 bridgehead atoms. The van der Waals surface area contributed by atoms with Crippen LogP contribution < -0.4 is 0 Å². The molecule has 0 saturated carbocycles. The van der Waals surface area contributed by atoms with E-state index in [1.165, 1.54) is 0 Å². The summed E-state index contributed by atoms with van der Waals surface area (Å²) in [6.07, 6.45) is 1.87. The van der Waals surface area contributed by atoms with Crippen molar-refractivity contribution in [2.45, 2.75) is 70.9 Å². The van der Waals surface area contributed by atoms with Crippen LogP contribution in [0.2, 0.25) is 5.02 Å². The van der Waals surface area contributed by atoms with Gasteiger partial charge in [-0.2, -0.15) is 13.2 Å². The fraction of sp³-hybridized carbons (Fsp3) is 0.647. The second-order valence-corrected chi connectivity index (χ2v) is 6.37. The number of halogens is 4. The van der Waals surface area contributed by atoms with Crippen molar-refractivity contribution in [1.29, 1.82) is 0 Å². The molecule has 0 radical (unpaired) electrons. The molecule has 1 aromatic rings. The van der Waals surface area contributed by atoms with Gasteiger partial charge in [0.15, 0.2) is 0 Å². The van der Waals surface area contributed by atoms with Crippen LogP contribution in [0, 0.1) is 0 Å². The summed E-state index contributed by atoms with van der Waals surface area (Å²) in [5, 5.41) is 0.234. The van der Waals surface area contributed by atoms with Crippen LogP contribution in [-0.2, 0) is 11.6 Å². The third-order valence-corrected chi connectivity index (χ3v) is 4.39. The summed E-state index contributed by atoms with van der Waals surface area (Å²) in [5.74, 6) is 0. The first-order valence-corrected chi connectivity index (χ1v) is 7.99. The Bertz CT molecular complexity index is 454. The van der Waals surface area contributed by atoms with Crippen LogP contribution in [0.5, 0.6) is 0 Å². The van der Waals surface area contributed by atoms with Crippen LogP contribution >= 0.6 is 11.6 Å². The van der Waals surface area contributed by atoms with Gasteiger partial charge in [-0.25, -0.2) is 0 Å². The summed E-state index contributed by atoms with van der Waals surface area (Å²) in [6, 6.07) is 3.77. The Labute approximate surface area is 130 Å².